The van der Waals surface area contributed by atoms with Gasteiger partial charge in [0.1, 0.15) is 0 Å². The van der Waals surface area contributed by atoms with Crippen LogP contribution in [0.1, 0.15) is 327 Å². The van der Waals surface area contributed by atoms with Crippen molar-refractivity contribution in [2.24, 2.45) is 0 Å². The summed E-state index contributed by atoms with van der Waals surface area (Å²) >= 11 is 0. The molecule has 0 saturated carbocycles. The van der Waals surface area contributed by atoms with Crippen LogP contribution >= 0.6 is 0 Å². The van der Waals surface area contributed by atoms with E-state index in [-0.39, 0.29) is 174 Å². The smallest absolute Gasteiger partial charge is 0.871 e. The topological polar surface area (TPSA) is 198 Å². The standard InChI is InChI=1S/3C28H39NO3.2C7H8.Ce/c3*1-25(2,3)15-13-17(27(7,8)9)23-19(21(15)30)29-20-22(31)16(26(4,5)6)14-18(24(20)32-23)28(10,11)12;2*1-7-5-3-2-4-6-7;/h3*13-14,30H,1-12H3;2*2-6H,1H3;/q;;;;;+3/p-3. The SMILES string of the molecule is CC(C)(C)c1cc(C(C)(C)C)c(=O)c2nc3c([O-])c(C(C)(C)C)cc(C(C)(C)C)c3oc1-2.CC(C)(C)c1cc(C(C)(C)C)c(=O)c2nc3c([O-])c(C(C)(C)C)cc(C(C)(C)C)c3oc1-2.CC(C)(C)c1cc(C(C)(C)C)c(=O)c2nc3c([O-])c(C(C)(C)C)cc(C(C)(C)C)c3oc1-2.Cc1ccccc1.Cc1ccccc1.[Ce+3]. The Labute approximate surface area is 698 Å². The zero-order valence-electron chi connectivity index (χ0n) is 74.8. The fourth-order valence-electron chi connectivity index (χ4n) is 13.4. The molecule has 3 aliphatic carbocycles. The molecule has 0 spiro atoms. The van der Waals surface area contributed by atoms with Crippen molar-refractivity contribution < 1.29 is 70.3 Å². The molecule has 0 unspecified atom stereocenters. The minimum Gasteiger partial charge on any atom is -0.871 e. The third-order valence-electron chi connectivity index (χ3n) is 20.1. The van der Waals surface area contributed by atoms with Crippen molar-refractivity contribution in [2.45, 2.75) is 328 Å². The molecule has 3 aliphatic heterocycles. The van der Waals surface area contributed by atoms with Gasteiger partial charge in [-0.1, -0.05) is 356 Å². The van der Waals surface area contributed by atoms with Gasteiger partial charge >= 0.3 is 41.7 Å². The summed E-state index contributed by atoms with van der Waals surface area (Å²) in [6, 6.07) is 32.4. The molecule has 595 valence electrons. The Kier molecular flexibility index (Phi) is 26.6. The first-order valence-electron chi connectivity index (χ1n) is 39.1. The number of aryl methyl sites for hydroxylation is 2. The maximum absolute atomic E-state index is 13.5. The molecule has 0 aromatic heterocycles. The molecule has 11 rings (SSSR count). The Morgan fingerprint density at radius 2 is 0.405 bits per heavy atom. The maximum atomic E-state index is 13.5. The summed E-state index contributed by atoms with van der Waals surface area (Å²) in [6.45, 7) is 78.4. The monoisotopic (exact) mass is 1630 g/mol. The van der Waals surface area contributed by atoms with Crippen LogP contribution in [0.25, 0.3) is 67.7 Å². The van der Waals surface area contributed by atoms with Gasteiger partial charge in [-0.3, -0.25) is 14.4 Å². The second-order valence-electron chi connectivity index (χ2n) is 42.8. The first kappa shape index (κ1) is 92.6. The van der Waals surface area contributed by atoms with E-state index >= 15 is 0 Å². The minimum atomic E-state index is -0.355. The Hall–Kier alpha value is -7.26. The summed E-state index contributed by atoms with van der Waals surface area (Å²) in [5, 5.41) is 40.6. The second-order valence-corrected chi connectivity index (χ2v) is 42.8. The first-order valence-corrected chi connectivity index (χ1v) is 39.1. The summed E-state index contributed by atoms with van der Waals surface area (Å²) in [4.78, 5) is 54.9. The number of hydrogen-bond acceptors (Lipinski definition) is 12. The summed E-state index contributed by atoms with van der Waals surface area (Å²) in [7, 11) is 0. The van der Waals surface area contributed by atoms with E-state index < -0.39 is 0 Å². The van der Waals surface area contributed by atoms with Crippen molar-refractivity contribution in [3.05, 3.63) is 206 Å². The molecule has 3 heterocycles. The van der Waals surface area contributed by atoms with Gasteiger partial charge in [0, 0.05) is 50.1 Å². The minimum absolute atomic E-state index is 0. The molecule has 6 aliphatic rings. The van der Waals surface area contributed by atoms with E-state index in [1.165, 1.54) is 11.1 Å². The van der Waals surface area contributed by atoms with E-state index in [9.17, 15) is 29.7 Å². The third kappa shape index (κ3) is 20.6. The number of aromatic nitrogens is 3. The predicted molar refractivity (Wildman–Crippen MR) is 456 cm³/mol. The summed E-state index contributed by atoms with van der Waals surface area (Å²) in [5.41, 5.74) is 11.1. The molecule has 5 aromatic carbocycles. The van der Waals surface area contributed by atoms with Crippen molar-refractivity contribution in [1.29, 1.82) is 0 Å². The molecular weight excluding hydrogens is 1500 g/mol. The molecule has 1 radical (unpaired) electrons. The van der Waals surface area contributed by atoms with Gasteiger partial charge in [-0.05, 0) is 114 Å². The molecule has 0 saturated heterocycles. The molecular formula is C98H130CeN3O9. The summed E-state index contributed by atoms with van der Waals surface area (Å²) in [6.07, 6.45) is 0. The molecule has 111 heavy (non-hydrogen) atoms. The average Bonchev–Trinajstić information content (AvgIpc) is 0.734. The van der Waals surface area contributed by atoms with Crippen LogP contribution in [0.2, 0.25) is 0 Å². The molecule has 0 fully saturated rings. The second kappa shape index (κ2) is 31.8. The van der Waals surface area contributed by atoms with Crippen LogP contribution in [0.3, 0.4) is 0 Å². The third-order valence-corrected chi connectivity index (χ3v) is 20.1. The Morgan fingerprint density at radius 1 is 0.243 bits per heavy atom. The first-order chi connectivity index (χ1) is 49.5. The van der Waals surface area contributed by atoms with E-state index in [2.05, 4.69) is 163 Å². The van der Waals surface area contributed by atoms with E-state index in [1.807, 2.05) is 197 Å². The fourth-order valence-corrected chi connectivity index (χ4v) is 13.4. The van der Waals surface area contributed by atoms with Crippen LogP contribution in [-0.2, 0) is 65.0 Å². The van der Waals surface area contributed by atoms with Crippen LogP contribution in [-0.4, -0.2) is 15.0 Å². The Balaban J connectivity index is 0.000000236. The zero-order chi connectivity index (χ0) is 84.0. The van der Waals surface area contributed by atoms with Crippen LogP contribution in [0.15, 0.2) is 125 Å². The molecule has 0 atom stereocenters. The number of rotatable bonds is 0. The zero-order valence-corrected chi connectivity index (χ0v) is 77.9. The molecule has 0 N–H and O–H groups in total. The predicted octanol–water partition coefficient (Wildman–Crippen LogP) is 23.7. The normalized spacial score (nSPS) is 13.1. The Morgan fingerprint density at radius 3 is 0.550 bits per heavy atom. The summed E-state index contributed by atoms with van der Waals surface area (Å²) < 4.78 is 19.5. The van der Waals surface area contributed by atoms with Crippen LogP contribution in [0.4, 0.5) is 0 Å². The number of benzene rings is 8. The van der Waals surface area contributed by atoms with Gasteiger partial charge in [0.05, 0.1) is 16.6 Å². The van der Waals surface area contributed by atoms with E-state index in [1.54, 1.807) is 0 Å². The molecule has 13 heteroatoms. The van der Waals surface area contributed by atoms with Crippen LogP contribution in [0.5, 0.6) is 17.2 Å². The molecule has 0 bridgehead atoms. The van der Waals surface area contributed by atoms with Gasteiger partial charge in [0.2, 0.25) is 16.3 Å². The van der Waals surface area contributed by atoms with E-state index in [0.29, 0.717) is 67.4 Å². The quantitative estimate of drug-likeness (QED) is 0.130. The molecule has 12 nitrogen and oxygen atoms in total. The van der Waals surface area contributed by atoms with Crippen molar-refractivity contribution in [2.75, 3.05) is 0 Å². The van der Waals surface area contributed by atoms with Crippen molar-refractivity contribution in [3.63, 3.8) is 0 Å². The van der Waals surface area contributed by atoms with Gasteiger partial charge in [0.15, 0.2) is 51.1 Å². The summed E-state index contributed by atoms with van der Waals surface area (Å²) in [5.74, 6) is 0.960. The number of nitrogens with zero attached hydrogens (tertiary/aromatic N) is 3. The van der Waals surface area contributed by atoms with Crippen molar-refractivity contribution in [1.82, 2.24) is 15.0 Å². The van der Waals surface area contributed by atoms with Gasteiger partial charge in [-0.2, -0.15) is 0 Å². The maximum Gasteiger partial charge on any atom is 3.00 e. The van der Waals surface area contributed by atoms with Crippen molar-refractivity contribution in [3.8, 4) is 51.6 Å². The van der Waals surface area contributed by atoms with Gasteiger partial charge < -0.3 is 28.6 Å². The van der Waals surface area contributed by atoms with Crippen molar-refractivity contribution >= 4 is 33.3 Å². The van der Waals surface area contributed by atoms with E-state index in [4.69, 9.17) is 28.2 Å². The Bertz CT molecular complexity index is 4770. The molecule has 0 amide bonds. The van der Waals surface area contributed by atoms with Crippen LogP contribution < -0.4 is 31.6 Å². The molecule has 5 aromatic rings. The van der Waals surface area contributed by atoms with Gasteiger partial charge in [-0.15, -0.1) is 0 Å². The van der Waals surface area contributed by atoms with Gasteiger partial charge in [-0.25, -0.2) is 15.0 Å². The largest absolute Gasteiger partial charge is 3.00 e. The van der Waals surface area contributed by atoms with Crippen LogP contribution in [0, 0.1) is 55.6 Å². The fraction of sp³-hybridized carbons (Fsp3) is 0.510. The van der Waals surface area contributed by atoms with Gasteiger partial charge in [0.25, 0.3) is 0 Å². The van der Waals surface area contributed by atoms with E-state index in [0.717, 1.165) is 33.4 Å². The number of hydrogen-bond donors (Lipinski definition) is 0. The average molecular weight is 1630 g/mol. The number of fused-ring (bicyclic) bond motifs is 6.